The van der Waals surface area contributed by atoms with Crippen LogP contribution in [0.2, 0.25) is 0 Å². The molecule has 0 bridgehead atoms. The molecular weight excluding hydrogens is 332 g/mol. The fourth-order valence-corrected chi connectivity index (χ4v) is 3.42. The second-order valence-electron chi connectivity index (χ2n) is 4.09. The van der Waals surface area contributed by atoms with E-state index in [2.05, 4.69) is 15.9 Å². The van der Waals surface area contributed by atoms with Crippen LogP contribution in [0.4, 0.5) is 0 Å². The summed E-state index contributed by atoms with van der Waals surface area (Å²) in [6.45, 7) is 2.50. The van der Waals surface area contributed by atoms with E-state index in [-0.39, 0.29) is 24.1 Å². The standard InChI is InChI=1S/C13H15BrO4S/c1-9(15)18-11-6-16-8-17-7-13(11)19-12-5-3-2-4-10(12)14/h2-5,11,13H,6-8H2,1H3/t11-,13-/m1/s1. The Labute approximate surface area is 124 Å². The monoisotopic (exact) mass is 346 g/mol. The topological polar surface area (TPSA) is 44.8 Å². The SMILES string of the molecule is CC(=O)O[C@@H]1COCOC[C@H]1Sc1ccccc1Br. The fraction of sp³-hybridized carbons (Fsp3) is 0.462. The third kappa shape index (κ3) is 4.49. The van der Waals surface area contributed by atoms with Crippen molar-refractivity contribution in [3.8, 4) is 0 Å². The summed E-state index contributed by atoms with van der Waals surface area (Å²) in [4.78, 5) is 12.2. The summed E-state index contributed by atoms with van der Waals surface area (Å²) in [6.07, 6.45) is -0.294. The first-order valence-corrected chi connectivity index (χ1v) is 7.58. The lowest BCUT2D eigenvalue weighted by molar-refractivity contribution is -0.148. The van der Waals surface area contributed by atoms with E-state index in [1.54, 1.807) is 11.8 Å². The molecule has 1 fully saturated rings. The Hall–Kier alpha value is -0.560. The number of thioether (sulfide) groups is 1. The maximum Gasteiger partial charge on any atom is 0.303 e. The lowest BCUT2D eigenvalue weighted by Crippen LogP contribution is -2.33. The molecule has 104 valence electrons. The van der Waals surface area contributed by atoms with Gasteiger partial charge in [-0.15, -0.1) is 11.8 Å². The van der Waals surface area contributed by atoms with Crippen molar-refractivity contribution in [3.05, 3.63) is 28.7 Å². The Bertz CT molecular complexity index is 440. The molecule has 0 radical (unpaired) electrons. The molecule has 4 nitrogen and oxygen atoms in total. The van der Waals surface area contributed by atoms with Gasteiger partial charge in [-0.2, -0.15) is 0 Å². The predicted molar refractivity (Wildman–Crippen MR) is 76.1 cm³/mol. The van der Waals surface area contributed by atoms with Crippen molar-refractivity contribution >= 4 is 33.7 Å². The Morgan fingerprint density at radius 3 is 2.84 bits per heavy atom. The zero-order chi connectivity index (χ0) is 13.7. The lowest BCUT2D eigenvalue weighted by atomic mass is 10.3. The van der Waals surface area contributed by atoms with Gasteiger partial charge in [0.2, 0.25) is 0 Å². The van der Waals surface area contributed by atoms with Crippen molar-refractivity contribution in [3.63, 3.8) is 0 Å². The molecule has 0 aliphatic carbocycles. The fourth-order valence-electron chi connectivity index (χ4n) is 1.74. The minimum absolute atomic E-state index is 0.0186. The first-order valence-electron chi connectivity index (χ1n) is 5.90. The number of benzene rings is 1. The molecule has 1 saturated heterocycles. The smallest absolute Gasteiger partial charge is 0.303 e. The van der Waals surface area contributed by atoms with E-state index in [0.29, 0.717) is 13.2 Å². The van der Waals surface area contributed by atoms with Gasteiger partial charge >= 0.3 is 5.97 Å². The number of hydrogen-bond donors (Lipinski definition) is 0. The number of rotatable bonds is 3. The van der Waals surface area contributed by atoms with Gasteiger partial charge in [0, 0.05) is 16.3 Å². The summed E-state index contributed by atoms with van der Waals surface area (Å²) in [5, 5.41) is 0.0186. The van der Waals surface area contributed by atoms with Crippen molar-refractivity contribution in [1.29, 1.82) is 0 Å². The van der Waals surface area contributed by atoms with Crippen LogP contribution in [0.3, 0.4) is 0 Å². The van der Waals surface area contributed by atoms with Crippen LogP contribution >= 0.6 is 27.7 Å². The van der Waals surface area contributed by atoms with Gasteiger partial charge in [-0.25, -0.2) is 0 Å². The van der Waals surface area contributed by atoms with E-state index in [1.165, 1.54) is 6.92 Å². The molecule has 2 atom stereocenters. The van der Waals surface area contributed by atoms with Gasteiger partial charge in [-0.3, -0.25) is 4.79 Å². The Kier molecular flexibility index (Phi) is 5.69. The summed E-state index contributed by atoms with van der Waals surface area (Å²) in [5.74, 6) is -0.298. The highest BCUT2D eigenvalue weighted by Crippen LogP contribution is 2.33. The minimum atomic E-state index is -0.298. The maximum atomic E-state index is 11.2. The highest BCUT2D eigenvalue weighted by Gasteiger charge is 2.28. The number of halogens is 1. The second kappa shape index (κ2) is 7.28. The molecule has 0 saturated carbocycles. The molecular formula is C13H15BrO4S. The summed E-state index contributed by atoms with van der Waals surface area (Å²) in [7, 11) is 0. The molecule has 6 heteroatoms. The minimum Gasteiger partial charge on any atom is -0.459 e. The summed E-state index contributed by atoms with van der Waals surface area (Å²) >= 11 is 5.14. The van der Waals surface area contributed by atoms with Crippen LogP contribution in [0.1, 0.15) is 6.92 Å². The van der Waals surface area contributed by atoms with Crippen LogP contribution < -0.4 is 0 Å². The third-order valence-electron chi connectivity index (χ3n) is 2.58. The first-order chi connectivity index (χ1) is 9.16. The van der Waals surface area contributed by atoms with E-state index >= 15 is 0 Å². The molecule has 1 aromatic rings. The first kappa shape index (κ1) is 14.8. The Morgan fingerprint density at radius 1 is 1.37 bits per heavy atom. The van der Waals surface area contributed by atoms with Gasteiger partial charge in [-0.1, -0.05) is 12.1 Å². The van der Waals surface area contributed by atoms with E-state index in [0.717, 1.165) is 9.37 Å². The van der Waals surface area contributed by atoms with Crippen molar-refractivity contribution < 1.29 is 19.0 Å². The van der Waals surface area contributed by atoms with Gasteiger partial charge in [-0.05, 0) is 28.1 Å². The molecule has 0 amide bonds. The highest BCUT2D eigenvalue weighted by molar-refractivity contribution is 9.10. The average Bonchev–Trinajstić information content (AvgIpc) is 2.58. The molecule has 0 spiro atoms. The molecule has 0 aromatic heterocycles. The molecule has 1 heterocycles. The quantitative estimate of drug-likeness (QED) is 0.787. The average molecular weight is 347 g/mol. The highest BCUT2D eigenvalue weighted by atomic mass is 79.9. The van der Waals surface area contributed by atoms with Crippen molar-refractivity contribution in [1.82, 2.24) is 0 Å². The normalized spacial score (nSPS) is 23.7. The molecule has 1 aliphatic rings. The van der Waals surface area contributed by atoms with Crippen molar-refractivity contribution in [2.24, 2.45) is 0 Å². The second-order valence-corrected chi connectivity index (χ2v) is 6.23. The van der Waals surface area contributed by atoms with Gasteiger partial charge in [0.05, 0.1) is 18.5 Å². The summed E-state index contributed by atoms with van der Waals surface area (Å²) in [6, 6.07) is 7.94. The molecule has 0 N–H and O–H groups in total. The molecule has 1 aliphatic heterocycles. The van der Waals surface area contributed by atoms with Crippen molar-refractivity contribution in [2.45, 2.75) is 23.2 Å². The Morgan fingerprint density at radius 2 is 2.11 bits per heavy atom. The number of esters is 1. The molecule has 0 unspecified atom stereocenters. The lowest BCUT2D eigenvalue weighted by Gasteiger charge is -2.23. The predicted octanol–water partition coefficient (Wildman–Crippen LogP) is 2.85. The van der Waals surface area contributed by atoms with Crippen LogP contribution in [-0.4, -0.2) is 37.3 Å². The van der Waals surface area contributed by atoms with Crippen LogP contribution in [0.25, 0.3) is 0 Å². The van der Waals surface area contributed by atoms with E-state index in [1.807, 2.05) is 24.3 Å². The number of ether oxygens (including phenoxy) is 3. The Balaban J connectivity index is 2.09. The van der Waals surface area contributed by atoms with Gasteiger partial charge < -0.3 is 14.2 Å². The van der Waals surface area contributed by atoms with Crippen LogP contribution in [0, 0.1) is 0 Å². The van der Waals surface area contributed by atoms with Gasteiger partial charge in [0.15, 0.2) is 0 Å². The molecule has 2 rings (SSSR count). The van der Waals surface area contributed by atoms with E-state index in [4.69, 9.17) is 14.2 Å². The van der Waals surface area contributed by atoms with Crippen LogP contribution in [-0.2, 0) is 19.0 Å². The largest absolute Gasteiger partial charge is 0.459 e. The van der Waals surface area contributed by atoms with Gasteiger partial charge in [0.25, 0.3) is 0 Å². The molecule has 1 aromatic carbocycles. The summed E-state index contributed by atoms with van der Waals surface area (Å²) < 4.78 is 17.0. The van der Waals surface area contributed by atoms with Gasteiger partial charge in [0.1, 0.15) is 12.9 Å². The number of carbonyl (C=O) groups excluding carboxylic acids is 1. The van der Waals surface area contributed by atoms with E-state index < -0.39 is 0 Å². The zero-order valence-electron chi connectivity index (χ0n) is 10.5. The van der Waals surface area contributed by atoms with E-state index in [9.17, 15) is 4.79 Å². The van der Waals surface area contributed by atoms with Crippen LogP contribution in [0.5, 0.6) is 0 Å². The van der Waals surface area contributed by atoms with Crippen molar-refractivity contribution in [2.75, 3.05) is 20.0 Å². The zero-order valence-corrected chi connectivity index (χ0v) is 12.9. The third-order valence-corrected chi connectivity index (χ3v) is 4.88. The number of carbonyl (C=O) groups is 1. The summed E-state index contributed by atoms with van der Waals surface area (Å²) in [5.41, 5.74) is 0. The molecule has 19 heavy (non-hydrogen) atoms. The maximum absolute atomic E-state index is 11.2. The van der Waals surface area contributed by atoms with Crippen LogP contribution in [0.15, 0.2) is 33.6 Å². The number of hydrogen-bond acceptors (Lipinski definition) is 5.